The van der Waals surface area contributed by atoms with Crippen LogP contribution in [0.4, 0.5) is 0 Å². The molecule has 0 aliphatic heterocycles. The Bertz CT molecular complexity index is 998. The van der Waals surface area contributed by atoms with E-state index in [9.17, 15) is 4.79 Å². The van der Waals surface area contributed by atoms with Gasteiger partial charge in [-0.2, -0.15) is 0 Å². The Morgan fingerprint density at radius 1 is 1.18 bits per heavy atom. The zero-order valence-corrected chi connectivity index (χ0v) is 18.3. The molecule has 0 aliphatic rings. The van der Waals surface area contributed by atoms with Gasteiger partial charge in [-0.1, -0.05) is 61.3 Å². The van der Waals surface area contributed by atoms with Crippen LogP contribution < -0.4 is 5.73 Å². The van der Waals surface area contributed by atoms with Crippen molar-refractivity contribution < 1.29 is 4.79 Å². The maximum Gasteiger partial charge on any atom is 0.234 e. The largest absolute Gasteiger partial charge is 0.369 e. The van der Waals surface area contributed by atoms with Crippen LogP contribution in [-0.4, -0.2) is 10.9 Å². The van der Waals surface area contributed by atoms with E-state index < -0.39 is 11.3 Å². The summed E-state index contributed by atoms with van der Waals surface area (Å²) in [5, 5.41) is 3.60. The second-order valence-electron chi connectivity index (χ2n) is 7.45. The zero-order chi connectivity index (χ0) is 20.5. The average molecular weight is 433 g/mol. The fourth-order valence-electron chi connectivity index (χ4n) is 3.14. The smallest absolute Gasteiger partial charge is 0.234 e. The molecule has 2 N–H and O–H groups in total. The van der Waals surface area contributed by atoms with Gasteiger partial charge in [0.05, 0.1) is 10.7 Å². The third-order valence-corrected chi connectivity index (χ3v) is 6.42. The molecule has 0 saturated heterocycles. The molecule has 146 valence electrons. The number of carbonyl (C=O) groups is 1. The van der Waals surface area contributed by atoms with E-state index in [1.165, 1.54) is 16.9 Å². The number of rotatable bonds is 6. The van der Waals surface area contributed by atoms with Crippen molar-refractivity contribution in [3.8, 4) is 11.3 Å². The Kier molecular flexibility index (Phi) is 6.13. The summed E-state index contributed by atoms with van der Waals surface area (Å²) in [6.07, 6.45) is 0.990. The molecule has 1 unspecified atom stereocenters. The lowest BCUT2D eigenvalue weighted by Gasteiger charge is -2.24. The summed E-state index contributed by atoms with van der Waals surface area (Å²) in [5.74, 6) is 0.131. The predicted molar refractivity (Wildman–Crippen MR) is 118 cm³/mol. The lowest BCUT2D eigenvalue weighted by molar-refractivity contribution is -0.121. The number of carbonyl (C=O) groups excluding carboxylic acids is 1. The first kappa shape index (κ1) is 20.8. The van der Waals surface area contributed by atoms with Crippen molar-refractivity contribution in [2.45, 2.75) is 32.6 Å². The molecule has 28 heavy (non-hydrogen) atoms. The standard InChI is InChI=1S/C22H22Cl2N2OS/c1-13(2)10-14-4-6-15(7-5-14)22(3,20(25)27)21-26-19(12-28-21)17-9-8-16(23)11-18(17)24/h4-9,11-13H,10H2,1-3H3,(H2,25,27). The van der Waals surface area contributed by atoms with E-state index in [4.69, 9.17) is 33.9 Å². The Hall–Kier alpha value is -1.88. The van der Waals surface area contributed by atoms with Crippen LogP contribution in [0, 0.1) is 5.92 Å². The molecule has 1 heterocycles. The van der Waals surface area contributed by atoms with Gasteiger partial charge in [-0.15, -0.1) is 11.3 Å². The van der Waals surface area contributed by atoms with Gasteiger partial charge in [0.25, 0.3) is 0 Å². The minimum atomic E-state index is -1.02. The quantitative estimate of drug-likeness (QED) is 0.510. The summed E-state index contributed by atoms with van der Waals surface area (Å²) in [6.45, 7) is 6.18. The van der Waals surface area contributed by atoms with Gasteiger partial charge in [-0.3, -0.25) is 4.79 Å². The molecule has 0 fully saturated rings. The van der Waals surface area contributed by atoms with E-state index in [0.29, 0.717) is 26.7 Å². The SMILES string of the molecule is CC(C)Cc1ccc(C(C)(C(N)=O)c2nc(-c3ccc(Cl)cc3Cl)cs2)cc1. The van der Waals surface area contributed by atoms with Crippen molar-refractivity contribution in [1.82, 2.24) is 4.98 Å². The van der Waals surface area contributed by atoms with Crippen LogP contribution in [0.1, 0.15) is 36.9 Å². The van der Waals surface area contributed by atoms with Gasteiger partial charge in [0.1, 0.15) is 10.4 Å². The van der Waals surface area contributed by atoms with Crippen LogP contribution in [0.25, 0.3) is 11.3 Å². The maximum atomic E-state index is 12.5. The predicted octanol–water partition coefficient (Wildman–Crippen LogP) is 6.11. The molecule has 1 atom stereocenters. The molecule has 3 rings (SSSR count). The Balaban J connectivity index is 2.00. The third kappa shape index (κ3) is 4.09. The molecule has 0 radical (unpaired) electrons. The highest BCUT2D eigenvalue weighted by molar-refractivity contribution is 7.10. The topological polar surface area (TPSA) is 56.0 Å². The normalized spacial score (nSPS) is 13.5. The third-order valence-electron chi connectivity index (χ3n) is 4.81. The molecule has 0 bridgehead atoms. The molecular formula is C22H22Cl2N2OS. The van der Waals surface area contributed by atoms with Crippen molar-refractivity contribution in [2.24, 2.45) is 11.7 Å². The van der Waals surface area contributed by atoms with Crippen molar-refractivity contribution in [2.75, 3.05) is 0 Å². The average Bonchev–Trinajstić information content (AvgIpc) is 3.11. The second kappa shape index (κ2) is 8.24. The molecule has 0 aliphatic carbocycles. The molecule has 1 amide bonds. The maximum absolute atomic E-state index is 12.5. The van der Waals surface area contributed by atoms with Crippen molar-refractivity contribution >= 4 is 40.4 Å². The van der Waals surface area contributed by atoms with E-state index in [1.807, 2.05) is 30.5 Å². The highest BCUT2D eigenvalue weighted by Crippen LogP contribution is 2.38. The monoisotopic (exact) mass is 432 g/mol. The van der Waals surface area contributed by atoms with E-state index in [0.717, 1.165) is 17.5 Å². The van der Waals surface area contributed by atoms with Crippen LogP contribution in [0.2, 0.25) is 10.0 Å². The fraction of sp³-hybridized carbons (Fsp3) is 0.273. The minimum absolute atomic E-state index is 0.438. The number of amides is 1. The van der Waals surface area contributed by atoms with Gasteiger partial charge >= 0.3 is 0 Å². The van der Waals surface area contributed by atoms with Gasteiger partial charge in [-0.25, -0.2) is 4.98 Å². The van der Waals surface area contributed by atoms with Crippen molar-refractivity contribution in [3.05, 3.63) is 74.0 Å². The van der Waals surface area contributed by atoms with E-state index in [2.05, 4.69) is 26.0 Å². The number of nitrogens with zero attached hydrogens (tertiary/aromatic N) is 1. The molecule has 3 nitrogen and oxygen atoms in total. The first-order valence-electron chi connectivity index (χ1n) is 9.02. The van der Waals surface area contributed by atoms with Gasteiger partial charge < -0.3 is 5.73 Å². The first-order valence-corrected chi connectivity index (χ1v) is 10.7. The molecule has 1 aromatic heterocycles. The molecule has 0 saturated carbocycles. The fourth-order valence-corrected chi connectivity index (χ4v) is 4.65. The van der Waals surface area contributed by atoms with Gasteiger partial charge in [0.15, 0.2) is 0 Å². The number of benzene rings is 2. The summed E-state index contributed by atoms with van der Waals surface area (Å²) >= 11 is 13.7. The van der Waals surface area contributed by atoms with Crippen LogP contribution in [-0.2, 0) is 16.6 Å². The van der Waals surface area contributed by atoms with Crippen LogP contribution in [0.5, 0.6) is 0 Å². The Morgan fingerprint density at radius 2 is 1.86 bits per heavy atom. The molecular weight excluding hydrogens is 411 g/mol. The highest BCUT2D eigenvalue weighted by Gasteiger charge is 2.38. The molecule has 0 spiro atoms. The van der Waals surface area contributed by atoms with Crippen LogP contribution in [0.15, 0.2) is 47.8 Å². The number of hydrogen-bond donors (Lipinski definition) is 1. The van der Waals surface area contributed by atoms with E-state index in [1.54, 1.807) is 12.1 Å². The number of thiazole rings is 1. The summed E-state index contributed by atoms with van der Waals surface area (Å²) in [5.41, 5.74) is 8.35. The Labute approximate surface area is 179 Å². The molecule has 2 aromatic carbocycles. The summed E-state index contributed by atoms with van der Waals surface area (Å²) in [4.78, 5) is 17.2. The minimum Gasteiger partial charge on any atom is -0.369 e. The van der Waals surface area contributed by atoms with E-state index in [-0.39, 0.29) is 0 Å². The number of primary amides is 1. The Morgan fingerprint density at radius 3 is 2.43 bits per heavy atom. The number of nitrogens with two attached hydrogens (primary N) is 1. The van der Waals surface area contributed by atoms with Gasteiger partial charge in [-0.05, 0) is 48.6 Å². The lowest BCUT2D eigenvalue weighted by atomic mass is 9.81. The van der Waals surface area contributed by atoms with Gasteiger partial charge in [0, 0.05) is 16.0 Å². The highest BCUT2D eigenvalue weighted by atomic mass is 35.5. The molecule has 6 heteroatoms. The molecule has 3 aromatic rings. The van der Waals surface area contributed by atoms with Crippen LogP contribution >= 0.6 is 34.5 Å². The van der Waals surface area contributed by atoms with Crippen LogP contribution in [0.3, 0.4) is 0 Å². The summed E-state index contributed by atoms with van der Waals surface area (Å²) in [7, 11) is 0. The number of aromatic nitrogens is 1. The van der Waals surface area contributed by atoms with Crippen molar-refractivity contribution in [1.29, 1.82) is 0 Å². The lowest BCUT2D eigenvalue weighted by Crippen LogP contribution is -2.39. The van der Waals surface area contributed by atoms with Crippen molar-refractivity contribution in [3.63, 3.8) is 0 Å². The second-order valence-corrected chi connectivity index (χ2v) is 9.15. The summed E-state index contributed by atoms with van der Waals surface area (Å²) in [6, 6.07) is 13.3. The zero-order valence-electron chi connectivity index (χ0n) is 16.0. The first-order chi connectivity index (χ1) is 13.2. The van der Waals surface area contributed by atoms with E-state index >= 15 is 0 Å². The number of hydrogen-bond acceptors (Lipinski definition) is 3. The number of halogens is 2. The van der Waals surface area contributed by atoms with Gasteiger partial charge in [0.2, 0.25) is 5.91 Å². The summed E-state index contributed by atoms with van der Waals surface area (Å²) < 4.78 is 0.